The minimum atomic E-state index is -4.81. The van der Waals surface area contributed by atoms with Crippen molar-refractivity contribution in [1.29, 1.82) is 0 Å². The normalized spacial score (nSPS) is 18.5. The van der Waals surface area contributed by atoms with E-state index >= 15 is 0 Å². The van der Waals surface area contributed by atoms with E-state index < -0.39 is 26.7 Å². The molecule has 0 unspecified atom stereocenters. The number of nitrogens with zero attached hydrogens (tertiary/aromatic N) is 1. The first kappa shape index (κ1) is 19.5. The van der Waals surface area contributed by atoms with Crippen molar-refractivity contribution >= 4 is 21.6 Å². The molecule has 1 fully saturated rings. The summed E-state index contributed by atoms with van der Waals surface area (Å²) in [6.07, 6.45) is -4.81. The average Bonchev–Trinajstić information content (AvgIpc) is 2.52. The number of halogens is 4. The van der Waals surface area contributed by atoms with Gasteiger partial charge < -0.3 is 4.74 Å². The van der Waals surface area contributed by atoms with Crippen LogP contribution in [0.15, 0.2) is 23.1 Å². The molecule has 2 rings (SSSR count). The lowest BCUT2D eigenvalue weighted by Crippen LogP contribution is -2.47. The largest absolute Gasteiger partial charge is 0.417 e. The van der Waals surface area contributed by atoms with Gasteiger partial charge in [0, 0.05) is 30.7 Å². The zero-order valence-corrected chi connectivity index (χ0v) is 14.5. The minimum absolute atomic E-state index is 0.00224. The topological polar surface area (TPSA) is 58.6 Å². The molecule has 1 N–H and O–H groups in total. The van der Waals surface area contributed by atoms with E-state index in [-0.39, 0.29) is 17.6 Å². The fourth-order valence-corrected chi connectivity index (χ4v) is 3.91. The molecule has 24 heavy (non-hydrogen) atoms. The van der Waals surface area contributed by atoms with Gasteiger partial charge >= 0.3 is 6.18 Å². The Morgan fingerprint density at radius 1 is 1.33 bits per heavy atom. The standard InChI is InChI=1S/C14H18ClF3N2O3S/c1-10(20-4-6-23-7-5-20)9-19-24(21,22)13-3-2-11(15)8-12(13)14(16,17)18/h2-3,8,10,19H,4-7,9H2,1H3/t10-/m0/s1. The van der Waals surface area contributed by atoms with Gasteiger partial charge in [0.25, 0.3) is 0 Å². The fourth-order valence-electron chi connectivity index (χ4n) is 2.41. The molecule has 0 amide bonds. The van der Waals surface area contributed by atoms with Gasteiger partial charge in [0.05, 0.1) is 23.7 Å². The summed E-state index contributed by atoms with van der Waals surface area (Å²) >= 11 is 5.57. The summed E-state index contributed by atoms with van der Waals surface area (Å²) < 4.78 is 71.3. The summed E-state index contributed by atoms with van der Waals surface area (Å²) in [6.45, 7) is 4.21. The Kier molecular flexibility index (Phi) is 6.14. The summed E-state index contributed by atoms with van der Waals surface area (Å²) in [4.78, 5) is 1.19. The summed E-state index contributed by atoms with van der Waals surface area (Å²) in [5.74, 6) is 0. The van der Waals surface area contributed by atoms with Crippen molar-refractivity contribution in [2.45, 2.75) is 24.0 Å². The van der Waals surface area contributed by atoms with E-state index in [2.05, 4.69) is 4.72 Å². The second-order valence-electron chi connectivity index (χ2n) is 5.49. The predicted molar refractivity (Wildman–Crippen MR) is 83.5 cm³/mol. The number of alkyl halides is 3. The van der Waals surface area contributed by atoms with Gasteiger partial charge in [0.1, 0.15) is 0 Å². The monoisotopic (exact) mass is 386 g/mol. The van der Waals surface area contributed by atoms with Crippen LogP contribution < -0.4 is 4.72 Å². The molecule has 5 nitrogen and oxygen atoms in total. The molecule has 10 heteroatoms. The quantitative estimate of drug-likeness (QED) is 0.844. The van der Waals surface area contributed by atoms with Crippen molar-refractivity contribution in [1.82, 2.24) is 9.62 Å². The first-order valence-electron chi connectivity index (χ1n) is 7.29. The Labute approximate surface area is 143 Å². The number of morpholine rings is 1. The number of benzene rings is 1. The zero-order valence-electron chi connectivity index (χ0n) is 12.9. The second-order valence-corrected chi connectivity index (χ2v) is 7.66. The van der Waals surface area contributed by atoms with Crippen molar-refractivity contribution in [2.75, 3.05) is 32.8 Å². The first-order chi connectivity index (χ1) is 11.1. The van der Waals surface area contributed by atoms with Crippen molar-refractivity contribution in [3.8, 4) is 0 Å². The van der Waals surface area contributed by atoms with E-state index in [0.717, 1.165) is 12.1 Å². The van der Waals surface area contributed by atoms with Crippen molar-refractivity contribution < 1.29 is 26.3 Å². The van der Waals surface area contributed by atoms with E-state index in [1.807, 2.05) is 4.90 Å². The molecule has 1 aromatic carbocycles. The van der Waals surface area contributed by atoms with Crippen molar-refractivity contribution in [3.05, 3.63) is 28.8 Å². The first-order valence-corrected chi connectivity index (χ1v) is 9.15. The van der Waals surface area contributed by atoms with Gasteiger partial charge in [0.15, 0.2) is 0 Å². The SMILES string of the molecule is C[C@@H](CNS(=O)(=O)c1ccc(Cl)cc1C(F)(F)F)N1CCOCC1. The molecule has 1 heterocycles. The molecule has 136 valence electrons. The third kappa shape index (κ3) is 4.82. The van der Waals surface area contributed by atoms with E-state index in [1.54, 1.807) is 6.92 Å². The highest BCUT2D eigenvalue weighted by molar-refractivity contribution is 7.89. The lowest BCUT2D eigenvalue weighted by Gasteiger charge is -2.32. The molecular weight excluding hydrogens is 369 g/mol. The van der Waals surface area contributed by atoms with Gasteiger partial charge in [-0.3, -0.25) is 4.90 Å². The van der Waals surface area contributed by atoms with Gasteiger partial charge in [-0.2, -0.15) is 13.2 Å². The molecule has 1 aliphatic rings. The number of rotatable bonds is 5. The fraction of sp³-hybridized carbons (Fsp3) is 0.571. The van der Waals surface area contributed by atoms with Crippen LogP contribution in [-0.4, -0.2) is 52.2 Å². The molecule has 1 atom stereocenters. The van der Waals surface area contributed by atoms with Crippen LogP contribution in [0.3, 0.4) is 0 Å². The number of ether oxygens (including phenoxy) is 1. The van der Waals surface area contributed by atoms with Gasteiger partial charge in [-0.1, -0.05) is 11.6 Å². The molecule has 0 spiro atoms. The molecular formula is C14H18ClF3N2O3S. The van der Waals surface area contributed by atoms with Gasteiger partial charge in [0.2, 0.25) is 10.0 Å². The predicted octanol–water partition coefficient (Wildman–Crippen LogP) is 2.36. The third-order valence-electron chi connectivity index (χ3n) is 3.77. The molecule has 1 saturated heterocycles. The Hall–Kier alpha value is -0.870. The molecule has 0 radical (unpaired) electrons. The molecule has 1 aliphatic heterocycles. The molecule has 0 saturated carbocycles. The lowest BCUT2D eigenvalue weighted by molar-refractivity contribution is -0.139. The van der Waals surface area contributed by atoms with Crippen LogP contribution in [-0.2, 0) is 20.9 Å². The summed E-state index contributed by atoms with van der Waals surface area (Å²) in [5.41, 5.74) is -1.28. The second kappa shape index (κ2) is 7.57. The third-order valence-corrected chi connectivity index (χ3v) is 5.49. The van der Waals surface area contributed by atoms with Crippen molar-refractivity contribution in [3.63, 3.8) is 0 Å². The molecule has 0 aliphatic carbocycles. The van der Waals surface area contributed by atoms with Gasteiger partial charge in [-0.25, -0.2) is 13.1 Å². The number of nitrogens with one attached hydrogen (secondary N) is 1. The molecule has 0 bridgehead atoms. The van der Waals surface area contributed by atoms with Crippen LogP contribution in [0, 0.1) is 0 Å². The van der Waals surface area contributed by atoms with Gasteiger partial charge in [-0.15, -0.1) is 0 Å². The van der Waals surface area contributed by atoms with E-state index in [4.69, 9.17) is 16.3 Å². The summed E-state index contributed by atoms with van der Waals surface area (Å²) in [5, 5.41) is -0.178. The van der Waals surface area contributed by atoms with Crippen molar-refractivity contribution in [2.24, 2.45) is 0 Å². The maximum absolute atomic E-state index is 13.1. The van der Waals surface area contributed by atoms with Gasteiger partial charge in [-0.05, 0) is 25.1 Å². The Morgan fingerprint density at radius 2 is 1.96 bits per heavy atom. The summed E-state index contributed by atoms with van der Waals surface area (Å²) in [6, 6.07) is 2.44. The average molecular weight is 387 g/mol. The van der Waals surface area contributed by atoms with Crippen LogP contribution in [0.2, 0.25) is 5.02 Å². The Bertz CT molecular complexity index is 676. The van der Waals surface area contributed by atoms with Crippen LogP contribution in [0.1, 0.15) is 12.5 Å². The van der Waals surface area contributed by atoms with Crippen LogP contribution in [0.25, 0.3) is 0 Å². The van der Waals surface area contributed by atoms with E-state index in [9.17, 15) is 21.6 Å². The Morgan fingerprint density at radius 3 is 2.54 bits per heavy atom. The minimum Gasteiger partial charge on any atom is -0.379 e. The summed E-state index contributed by atoms with van der Waals surface area (Å²) in [7, 11) is -4.31. The highest BCUT2D eigenvalue weighted by atomic mass is 35.5. The lowest BCUT2D eigenvalue weighted by atomic mass is 10.2. The zero-order chi connectivity index (χ0) is 18.0. The van der Waals surface area contributed by atoms with Crippen LogP contribution >= 0.6 is 11.6 Å². The number of sulfonamides is 1. The molecule has 0 aromatic heterocycles. The number of hydrogen-bond donors (Lipinski definition) is 1. The highest BCUT2D eigenvalue weighted by Gasteiger charge is 2.37. The Balaban J connectivity index is 2.15. The van der Waals surface area contributed by atoms with Crippen LogP contribution in [0.4, 0.5) is 13.2 Å². The molecule has 1 aromatic rings. The van der Waals surface area contributed by atoms with E-state index in [1.165, 1.54) is 0 Å². The van der Waals surface area contributed by atoms with E-state index in [0.29, 0.717) is 32.4 Å². The maximum atomic E-state index is 13.1. The smallest absolute Gasteiger partial charge is 0.379 e. The maximum Gasteiger partial charge on any atom is 0.417 e. The number of hydrogen-bond acceptors (Lipinski definition) is 4. The highest BCUT2D eigenvalue weighted by Crippen LogP contribution is 2.35. The van der Waals surface area contributed by atoms with Crippen LogP contribution in [0.5, 0.6) is 0 Å².